The first-order valence-corrected chi connectivity index (χ1v) is 21.2. The van der Waals surface area contributed by atoms with Gasteiger partial charge in [0.15, 0.2) is 5.82 Å². The van der Waals surface area contributed by atoms with Crippen LogP contribution in [0.3, 0.4) is 0 Å². The molecule has 2 unspecified atom stereocenters. The number of rotatable bonds is 4. The average Bonchev–Trinajstić information content (AvgIpc) is 3.91. The van der Waals surface area contributed by atoms with E-state index in [0.29, 0.717) is 0 Å². The molecule has 0 saturated carbocycles. The summed E-state index contributed by atoms with van der Waals surface area (Å²) in [6, 6.07) is 51.2. The Labute approximate surface area is 349 Å². The fourth-order valence-corrected chi connectivity index (χ4v) is 11.6. The minimum atomic E-state index is 0.00538. The number of hydrogen-bond acceptors (Lipinski definition) is 4. The van der Waals surface area contributed by atoms with Gasteiger partial charge >= 0.3 is 0 Å². The normalized spacial score (nSPS) is 16.8. The summed E-state index contributed by atoms with van der Waals surface area (Å²) in [4.78, 5) is 20.0. The van der Waals surface area contributed by atoms with E-state index in [-0.39, 0.29) is 18.5 Å². The zero-order valence-electron chi connectivity index (χ0n) is 33.2. The lowest BCUT2D eigenvalue weighted by Crippen LogP contribution is -2.59. The van der Waals surface area contributed by atoms with Crippen LogP contribution in [-0.2, 0) is 6.42 Å². The highest BCUT2D eigenvalue weighted by atomic mass is 15.0. The van der Waals surface area contributed by atoms with E-state index in [9.17, 15) is 0 Å². The van der Waals surface area contributed by atoms with Gasteiger partial charge in [0, 0.05) is 71.1 Å². The van der Waals surface area contributed by atoms with Gasteiger partial charge in [-0.2, -0.15) is 0 Å². The molecule has 60 heavy (non-hydrogen) atoms. The molecule has 0 N–H and O–H groups in total. The predicted molar refractivity (Wildman–Crippen MR) is 242 cm³/mol. The molecule has 9 aromatic rings. The van der Waals surface area contributed by atoms with Crippen molar-refractivity contribution in [2.24, 2.45) is 0 Å². The fourth-order valence-electron chi connectivity index (χ4n) is 11.6. The first kappa shape index (κ1) is 33.8. The van der Waals surface area contributed by atoms with Crippen molar-refractivity contribution in [2.45, 2.75) is 38.0 Å². The molecule has 5 aromatic carbocycles. The second-order valence-corrected chi connectivity index (χ2v) is 16.8. The highest BCUT2D eigenvalue weighted by Crippen LogP contribution is 2.54. The van der Waals surface area contributed by atoms with Gasteiger partial charge in [0.25, 0.3) is 0 Å². The summed E-state index contributed by atoms with van der Waals surface area (Å²) >= 11 is 0. The Morgan fingerprint density at radius 2 is 1.43 bits per heavy atom. The summed E-state index contributed by atoms with van der Waals surface area (Å²) in [6.45, 7) is 2.31. The largest absolute Gasteiger partial charge is 0.311 e. The lowest BCUT2D eigenvalue weighted by Gasteiger charge is -2.36. The summed E-state index contributed by atoms with van der Waals surface area (Å²) in [5.41, 5.74) is 25.9. The molecule has 0 saturated heterocycles. The van der Waals surface area contributed by atoms with Crippen molar-refractivity contribution in [1.29, 1.82) is 0 Å². The van der Waals surface area contributed by atoms with E-state index in [2.05, 4.69) is 151 Å². The van der Waals surface area contributed by atoms with Crippen LogP contribution in [0.4, 0.5) is 0 Å². The first-order valence-electron chi connectivity index (χ1n) is 21.2. The Kier molecular flexibility index (Phi) is 7.27. The lowest BCUT2D eigenvalue weighted by molar-refractivity contribution is 0.700. The lowest BCUT2D eigenvalue weighted by atomic mass is 9.31. The van der Waals surface area contributed by atoms with E-state index in [0.717, 1.165) is 53.1 Å². The monoisotopic (exact) mass is 767 g/mol. The summed E-state index contributed by atoms with van der Waals surface area (Å²) < 4.78 is 2.44. The fraction of sp³-hybridized carbons (Fsp3) is 0.111. The molecule has 3 aliphatic carbocycles. The second kappa shape index (κ2) is 12.9. The van der Waals surface area contributed by atoms with Crippen LogP contribution in [0.5, 0.6) is 0 Å². The predicted octanol–water partition coefficient (Wildman–Crippen LogP) is 9.46. The maximum absolute atomic E-state index is 5.43. The van der Waals surface area contributed by atoms with Crippen LogP contribution >= 0.6 is 0 Å². The van der Waals surface area contributed by atoms with Crippen LogP contribution in [0.15, 0.2) is 170 Å². The molecule has 0 amide bonds. The molecule has 2 atom stereocenters. The minimum Gasteiger partial charge on any atom is -0.311 e. The molecule has 0 radical (unpaired) electrons. The Balaban J connectivity index is 1.07. The number of fused-ring (bicyclic) bond motifs is 10. The van der Waals surface area contributed by atoms with Gasteiger partial charge < -0.3 is 4.57 Å². The van der Waals surface area contributed by atoms with Crippen LogP contribution in [0.2, 0.25) is 0 Å². The zero-order valence-corrected chi connectivity index (χ0v) is 33.2. The quantitative estimate of drug-likeness (QED) is 0.168. The summed E-state index contributed by atoms with van der Waals surface area (Å²) in [5, 5.41) is 0. The zero-order chi connectivity index (χ0) is 39.5. The van der Waals surface area contributed by atoms with Crippen molar-refractivity contribution in [1.82, 2.24) is 24.5 Å². The second-order valence-electron chi connectivity index (χ2n) is 16.8. The number of hydrogen-bond donors (Lipinski definition) is 0. The highest BCUT2D eigenvalue weighted by Gasteiger charge is 2.45. The maximum Gasteiger partial charge on any atom is 0.242 e. The van der Waals surface area contributed by atoms with Crippen molar-refractivity contribution < 1.29 is 0 Å². The SMILES string of the molecule is Cc1cc(-c2ncccn2)cc2c1B(c1cccc3c1Cc1c-3c3ncccc3n1-c1ccccc1)c1ccnc3c1C2CCC1=C3c2ccccc2C1c1ccccc1. The standard InChI is InChI=1S/C54H38BN5/c1-32-29-34(54-58-26-12-27-59-54)30-42-39-22-23-40-47(33-13-4-2-5-14-33)36-17-8-9-18-37(36)48(40)53-49(39)44(24-28-57-53)55(51(32)42)43-20-10-19-38-41(43)31-46-50(38)52-45(21-11-25-56-52)60(46)35-15-6-3-7-16-35/h2-21,24-30,39,47H,22-23,31H2,1H3. The molecule has 13 rings (SSSR count). The van der Waals surface area contributed by atoms with Crippen molar-refractivity contribution in [3.05, 3.63) is 220 Å². The molecule has 6 heteroatoms. The number of aryl methyl sites for hydroxylation is 1. The number of benzene rings is 5. The van der Waals surface area contributed by atoms with Gasteiger partial charge in [-0.1, -0.05) is 113 Å². The smallest absolute Gasteiger partial charge is 0.242 e. The molecule has 0 spiro atoms. The molecule has 0 fully saturated rings. The van der Waals surface area contributed by atoms with Gasteiger partial charge in [0.1, 0.15) is 0 Å². The Morgan fingerprint density at radius 3 is 2.30 bits per heavy atom. The van der Waals surface area contributed by atoms with Crippen molar-refractivity contribution in [3.8, 4) is 28.2 Å². The molecule has 4 aliphatic rings. The van der Waals surface area contributed by atoms with E-state index in [1.165, 1.54) is 83.3 Å². The van der Waals surface area contributed by atoms with Gasteiger partial charge in [-0.3, -0.25) is 9.97 Å². The number of pyridine rings is 2. The van der Waals surface area contributed by atoms with E-state index in [4.69, 9.17) is 19.9 Å². The summed E-state index contributed by atoms with van der Waals surface area (Å²) in [7, 11) is 0. The van der Waals surface area contributed by atoms with E-state index < -0.39 is 0 Å². The summed E-state index contributed by atoms with van der Waals surface area (Å²) in [5.74, 6) is 1.13. The molecule has 282 valence electrons. The third kappa shape index (κ3) is 4.70. The molecule has 5 heterocycles. The molecule has 1 aliphatic heterocycles. The van der Waals surface area contributed by atoms with Gasteiger partial charge in [-0.15, -0.1) is 0 Å². The van der Waals surface area contributed by atoms with Crippen molar-refractivity contribution in [2.75, 3.05) is 0 Å². The van der Waals surface area contributed by atoms with Crippen molar-refractivity contribution >= 4 is 39.7 Å². The Hall–Kier alpha value is -7.18. The number of allylic oxidation sites excluding steroid dienone is 1. The third-order valence-corrected chi connectivity index (χ3v) is 13.8. The highest BCUT2D eigenvalue weighted by molar-refractivity contribution is 6.97. The average molecular weight is 768 g/mol. The van der Waals surface area contributed by atoms with E-state index in [1.807, 2.05) is 24.7 Å². The van der Waals surface area contributed by atoms with Gasteiger partial charge in [-0.05, 0) is 113 Å². The first-order chi connectivity index (χ1) is 29.7. The molecule has 4 aromatic heterocycles. The third-order valence-electron chi connectivity index (χ3n) is 13.8. The van der Waals surface area contributed by atoms with Crippen LogP contribution in [-0.4, -0.2) is 31.2 Å². The topological polar surface area (TPSA) is 56.5 Å². The van der Waals surface area contributed by atoms with Crippen LogP contribution in [0, 0.1) is 6.92 Å². The summed E-state index contributed by atoms with van der Waals surface area (Å²) in [6.07, 6.45) is 10.5. The molecule has 5 nitrogen and oxygen atoms in total. The van der Waals surface area contributed by atoms with E-state index >= 15 is 0 Å². The van der Waals surface area contributed by atoms with Gasteiger partial charge in [-0.25, -0.2) is 9.97 Å². The van der Waals surface area contributed by atoms with Crippen LogP contribution < -0.4 is 16.4 Å². The molecule has 0 bridgehead atoms. The van der Waals surface area contributed by atoms with E-state index in [1.54, 1.807) is 0 Å². The van der Waals surface area contributed by atoms with Crippen LogP contribution in [0.25, 0.3) is 44.8 Å². The Bertz CT molecular complexity index is 3260. The minimum absolute atomic E-state index is 0.00538. The Morgan fingerprint density at radius 1 is 0.650 bits per heavy atom. The number of para-hydroxylation sites is 1. The maximum atomic E-state index is 5.43. The van der Waals surface area contributed by atoms with Gasteiger partial charge in [0.05, 0.1) is 16.7 Å². The molecular weight excluding hydrogens is 729 g/mol. The number of aromatic nitrogens is 5. The molecular formula is C54H38BN5. The number of nitrogens with zero attached hydrogens (tertiary/aromatic N) is 5. The van der Waals surface area contributed by atoms with Crippen LogP contribution in [0.1, 0.15) is 75.0 Å². The van der Waals surface area contributed by atoms with Gasteiger partial charge in [0.2, 0.25) is 6.71 Å². The van der Waals surface area contributed by atoms with Crippen molar-refractivity contribution in [3.63, 3.8) is 0 Å².